The molecule has 0 radical (unpaired) electrons. The van der Waals surface area contributed by atoms with E-state index in [-0.39, 0.29) is 11.7 Å². The summed E-state index contributed by atoms with van der Waals surface area (Å²) in [5, 5.41) is 10.5. The second-order valence-electron chi connectivity index (χ2n) is 7.45. The molecule has 1 aromatic carbocycles. The van der Waals surface area contributed by atoms with Crippen molar-refractivity contribution in [2.24, 2.45) is 5.92 Å². The lowest BCUT2D eigenvalue weighted by molar-refractivity contribution is 0.334. The lowest BCUT2D eigenvalue weighted by atomic mass is 9.72. The standard InChI is InChI=1S/C21H24F2O/c1-12-17(22)10-13-6-2-4-8-15(13)19(12)20-16-9-5-3-7-14(16)11-18(23)21(20)24/h10-12,17,24H,2-9H2,1H3/t12-,17-/m0/s1. The number of benzene rings is 1. The molecule has 0 amide bonds. The third kappa shape index (κ3) is 2.40. The molecule has 0 spiro atoms. The molecule has 1 fully saturated rings. The highest BCUT2D eigenvalue weighted by Crippen LogP contribution is 2.48. The summed E-state index contributed by atoms with van der Waals surface area (Å²) in [6.45, 7) is 1.87. The first kappa shape index (κ1) is 15.9. The Balaban J connectivity index is 1.98. The second-order valence-corrected chi connectivity index (χ2v) is 7.45. The molecule has 1 N–H and O–H groups in total. The van der Waals surface area contributed by atoms with Gasteiger partial charge in [0.05, 0.1) is 0 Å². The third-order valence-electron chi connectivity index (χ3n) is 5.97. The van der Waals surface area contributed by atoms with E-state index in [9.17, 15) is 13.9 Å². The molecule has 1 saturated carbocycles. The molecule has 3 heteroatoms. The van der Waals surface area contributed by atoms with Crippen LogP contribution in [-0.2, 0) is 12.8 Å². The first-order chi connectivity index (χ1) is 11.6. The number of aromatic hydroxyl groups is 1. The third-order valence-corrected chi connectivity index (χ3v) is 5.97. The minimum atomic E-state index is -1.06. The smallest absolute Gasteiger partial charge is 0.165 e. The fourth-order valence-corrected chi connectivity index (χ4v) is 4.72. The van der Waals surface area contributed by atoms with Gasteiger partial charge < -0.3 is 5.11 Å². The van der Waals surface area contributed by atoms with E-state index < -0.39 is 12.0 Å². The highest BCUT2D eigenvalue weighted by atomic mass is 19.1. The minimum absolute atomic E-state index is 0.274. The molecule has 4 rings (SSSR count). The van der Waals surface area contributed by atoms with Crippen LogP contribution in [0.1, 0.15) is 62.1 Å². The van der Waals surface area contributed by atoms with E-state index in [2.05, 4.69) is 0 Å². The first-order valence-electron chi connectivity index (χ1n) is 9.19. The van der Waals surface area contributed by atoms with Gasteiger partial charge in [-0.3, -0.25) is 0 Å². The van der Waals surface area contributed by atoms with Crippen LogP contribution in [0.25, 0.3) is 5.57 Å². The SMILES string of the molecule is C[C@@H]1C(c2c(O)c(F)cc3c2CCCC3)=C2CCCCC2=C[C@@H]1F. The lowest BCUT2D eigenvalue weighted by Crippen LogP contribution is -2.23. The lowest BCUT2D eigenvalue weighted by Gasteiger charge is -2.34. The molecule has 2 atom stereocenters. The quantitative estimate of drug-likeness (QED) is 0.705. The monoisotopic (exact) mass is 330 g/mol. The number of phenolic OH excluding ortho intramolecular Hbond substituents is 1. The van der Waals surface area contributed by atoms with Gasteiger partial charge in [0, 0.05) is 11.5 Å². The number of aryl methyl sites for hydroxylation is 1. The number of fused-ring (bicyclic) bond motifs is 2. The van der Waals surface area contributed by atoms with Gasteiger partial charge in [-0.05, 0) is 91.4 Å². The Labute approximate surface area is 142 Å². The van der Waals surface area contributed by atoms with Crippen LogP contribution in [0.3, 0.4) is 0 Å². The normalized spacial score (nSPS) is 26.7. The Kier molecular flexibility index (Phi) is 3.98. The van der Waals surface area contributed by atoms with Crippen molar-refractivity contribution in [2.45, 2.75) is 64.5 Å². The highest BCUT2D eigenvalue weighted by molar-refractivity contribution is 5.82. The Bertz CT molecular complexity index is 745. The summed E-state index contributed by atoms with van der Waals surface area (Å²) in [5.74, 6) is -1.17. The number of phenols is 1. The zero-order valence-electron chi connectivity index (χ0n) is 14.2. The maximum absolute atomic E-state index is 14.7. The van der Waals surface area contributed by atoms with Crippen LogP contribution in [0.15, 0.2) is 23.3 Å². The van der Waals surface area contributed by atoms with E-state index in [4.69, 9.17) is 0 Å². The predicted molar refractivity (Wildman–Crippen MR) is 92.2 cm³/mol. The topological polar surface area (TPSA) is 20.2 Å². The molecule has 0 heterocycles. The van der Waals surface area contributed by atoms with Gasteiger partial charge in [-0.2, -0.15) is 0 Å². The van der Waals surface area contributed by atoms with E-state index in [0.29, 0.717) is 5.56 Å². The van der Waals surface area contributed by atoms with Gasteiger partial charge in [-0.15, -0.1) is 0 Å². The summed E-state index contributed by atoms with van der Waals surface area (Å²) in [5.41, 5.74) is 5.77. The Morgan fingerprint density at radius 2 is 1.75 bits per heavy atom. The van der Waals surface area contributed by atoms with Crippen LogP contribution in [0.2, 0.25) is 0 Å². The van der Waals surface area contributed by atoms with Crippen molar-refractivity contribution >= 4 is 5.57 Å². The zero-order valence-corrected chi connectivity index (χ0v) is 14.2. The number of halogens is 2. The van der Waals surface area contributed by atoms with Crippen molar-refractivity contribution in [1.82, 2.24) is 0 Å². The van der Waals surface area contributed by atoms with E-state index >= 15 is 0 Å². The molecule has 0 bridgehead atoms. The number of hydrogen-bond donors (Lipinski definition) is 1. The number of allylic oxidation sites excluding steroid dienone is 4. The summed E-state index contributed by atoms with van der Waals surface area (Å²) in [4.78, 5) is 0. The summed E-state index contributed by atoms with van der Waals surface area (Å²) >= 11 is 0. The number of hydrogen-bond acceptors (Lipinski definition) is 1. The van der Waals surface area contributed by atoms with Gasteiger partial charge in [0.25, 0.3) is 0 Å². The molecule has 1 nitrogen and oxygen atoms in total. The molecule has 1 aromatic rings. The van der Waals surface area contributed by atoms with Crippen molar-refractivity contribution in [2.75, 3.05) is 0 Å². The Hall–Kier alpha value is -1.64. The number of rotatable bonds is 1. The fraction of sp³-hybridized carbons (Fsp3) is 0.524. The molecular formula is C21H24F2O. The molecular weight excluding hydrogens is 306 g/mol. The van der Waals surface area contributed by atoms with Crippen molar-refractivity contribution in [3.8, 4) is 5.75 Å². The number of alkyl halides is 1. The van der Waals surface area contributed by atoms with Gasteiger partial charge >= 0.3 is 0 Å². The van der Waals surface area contributed by atoms with Crippen LogP contribution in [0, 0.1) is 11.7 Å². The van der Waals surface area contributed by atoms with Crippen molar-refractivity contribution < 1.29 is 13.9 Å². The summed E-state index contributed by atoms with van der Waals surface area (Å²) in [7, 11) is 0. The minimum Gasteiger partial charge on any atom is -0.504 e. The molecule has 0 unspecified atom stereocenters. The molecule has 3 aliphatic rings. The molecule has 0 aromatic heterocycles. The fourth-order valence-electron chi connectivity index (χ4n) is 4.72. The van der Waals surface area contributed by atoms with Crippen molar-refractivity contribution in [3.63, 3.8) is 0 Å². The Morgan fingerprint density at radius 1 is 1.04 bits per heavy atom. The van der Waals surface area contributed by atoms with Crippen LogP contribution in [-0.4, -0.2) is 11.3 Å². The van der Waals surface area contributed by atoms with E-state index in [1.807, 2.05) is 6.92 Å². The van der Waals surface area contributed by atoms with Gasteiger partial charge in [-0.1, -0.05) is 6.92 Å². The molecule has 3 aliphatic carbocycles. The molecule has 128 valence electrons. The van der Waals surface area contributed by atoms with Gasteiger partial charge in [0.1, 0.15) is 6.17 Å². The Morgan fingerprint density at radius 3 is 2.58 bits per heavy atom. The van der Waals surface area contributed by atoms with Crippen LogP contribution < -0.4 is 0 Å². The van der Waals surface area contributed by atoms with E-state index in [1.165, 1.54) is 6.07 Å². The molecule has 24 heavy (non-hydrogen) atoms. The second kappa shape index (κ2) is 6.02. The zero-order chi connectivity index (χ0) is 16.8. The summed E-state index contributed by atoms with van der Waals surface area (Å²) in [6.07, 6.45) is 8.45. The van der Waals surface area contributed by atoms with Gasteiger partial charge in [0.2, 0.25) is 0 Å². The summed E-state index contributed by atoms with van der Waals surface area (Å²) in [6, 6.07) is 1.48. The van der Waals surface area contributed by atoms with Crippen LogP contribution in [0.4, 0.5) is 8.78 Å². The van der Waals surface area contributed by atoms with E-state index in [0.717, 1.165) is 79.2 Å². The van der Waals surface area contributed by atoms with Crippen molar-refractivity contribution in [1.29, 1.82) is 0 Å². The van der Waals surface area contributed by atoms with Crippen LogP contribution >= 0.6 is 0 Å². The maximum atomic E-state index is 14.7. The van der Waals surface area contributed by atoms with Gasteiger partial charge in [-0.25, -0.2) is 8.78 Å². The average Bonchev–Trinajstić information content (AvgIpc) is 2.58. The average molecular weight is 330 g/mol. The predicted octanol–water partition coefficient (Wildman–Crippen LogP) is 5.65. The van der Waals surface area contributed by atoms with E-state index in [1.54, 1.807) is 6.08 Å². The van der Waals surface area contributed by atoms with Gasteiger partial charge in [0.15, 0.2) is 11.6 Å². The summed E-state index contributed by atoms with van der Waals surface area (Å²) < 4.78 is 29.1. The first-order valence-corrected chi connectivity index (χ1v) is 9.19. The van der Waals surface area contributed by atoms with Crippen LogP contribution in [0.5, 0.6) is 5.75 Å². The highest BCUT2D eigenvalue weighted by Gasteiger charge is 2.34. The largest absolute Gasteiger partial charge is 0.504 e. The molecule has 0 aliphatic heterocycles. The maximum Gasteiger partial charge on any atom is 0.165 e. The molecule has 0 saturated heterocycles. The van der Waals surface area contributed by atoms with Crippen molar-refractivity contribution in [3.05, 3.63) is 45.8 Å².